The predicted molar refractivity (Wildman–Crippen MR) is 139 cm³/mol. The number of carbonyl (C=O) groups excluding carboxylic acids is 1. The summed E-state index contributed by atoms with van der Waals surface area (Å²) >= 11 is 0. The lowest BCUT2D eigenvalue weighted by Gasteiger charge is -2.25. The van der Waals surface area contributed by atoms with Gasteiger partial charge in [-0.3, -0.25) is 4.79 Å². The minimum absolute atomic E-state index is 0.104. The van der Waals surface area contributed by atoms with Crippen molar-refractivity contribution in [1.29, 1.82) is 5.26 Å². The van der Waals surface area contributed by atoms with Gasteiger partial charge >= 0.3 is 0 Å². The summed E-state index contributed by atoms with van der Waals surface area (Å²) in [5, 5.41) is 10.0. The van der Waals surface area contributed by atoms with Crippen LogP contribution in [0, 0.1) is 11.3 Å². The molecule has 0 spiro atoms. The summed E-state index contributed by atoms with van der Waals surface area (Å²) in [4.78, 5) is 13.5. The van der Waals surface area contributed by atoms with E-state index in [0.29, 0.717) is 11.1 Å². The van der Waals surface area contributed by atoms with Gasteiger partial charge in [0.2, 0.25) is 0 Å². The van der Waals surface area contributed by atoms with Crippen LogP contribution in [0.3, 0.4) is 0 Å². The molecule has 35 heavy (non-hydrogen) atoms. The lowest BCUT2D eigenvalue weighted by Crippen LogP contribution is -2.12. The molecular formula is C30H21N3O2. The number of nitriles is 1. The van der Waals surface area contributed by atoms with E-state index in [0.717, 1.165) is 33.8 Å². The molecule has 5 heteroatoms. The Kier molecular flexibility index (Phi) is 5.85. The highest BCUT2D eigenvalue weighted by Gasteiger charge is 2.13. The Hall–Kier alpha value is -5.08. The summed E-state index contributed by atoms with van der Waals surface area (Å²) in [7, 11) is 0. The Morgan fingerprint density at radius 3 is 1.97 bits per heavy atom. The van der Waals surface area contributed by atoms with Crippen molar-refractivity contribution in [3.63, 3.8) is 0 Å². The van der Waals surface area contributed by atoms with Gasteiger partial charge in [0.25, 0.3) is 5.91 Å². The molecule has 1 amide bonds. The molecule has 0 aliphatic carbocycles. The zero-order chi connectivity index (χ0) is 24.2. The molecule has 168 valence electrons. The predicted octanol–water partition coefficient (Wildman–Crippen LogP) is 6.96. The standard InChI is InChI=1S/C30H21N3O2/c31-20-24(30(32)34)17-21-11-12-23-19-29(35-28(23)18-21)22-13-15-27(16-14-22)33(25-7-3-1-4-8-25)26-9-5-2-6-10-26/h1-19H,(H2,32,34)/b24-17+. The van der Waals surface area contributed by atoms with Gasteiger partial charge in [0.1, 0.15) is 23.0 Å². The topological polar surface area (TPSA) is 83.3 Å². The molecule has 0 unspecified atom stereocenters. The first-order chi connectivity index (χ1) is 17.1. The number of amides is 1. The fraction of sp³-hybridized carbons (Fsp3) is 0. The number of nitrogens with two attached hydrogens (primary N) is 1. The molecule has 5 rings (SSSR count). The van der Waals surface area contributed by atoms with Crippen molar-refractivity contribution >= 4 is 40.0 Å². The normalized spacial score (nSPS) is 11.2. The average Bonchev–Trinajstić information content (AvgIpc) is 3.32. The van der Waals surface area contributed by atoms with Gasteiger partial charge in [-0.25, -0.2) is 0 Å². The van der Waals surface area contributed by atoms with E-state index in [9.17, 15) is 4.79 Å². The van der Waals surface area contributed by atoms with Gasteiger partial charge in [-0.15, -0.1) is 0 Å². The molecule has 2 N–H and O–H groups in total. The highest BCUT2D eigenvalue weighted by Crippen LogP contribution is 2.36. The fourth-order valence-corrected chi connectivity index (χ4v) is 3.98. The Bertz CT molecular complexity index is 1520. The molecule has 0 aliphatic heterocycles. The van der Waals surface area contributed by atoms with Crippen LogP contribution >= 0.6 is 0 Å². The Morgan fingerprint density at radius 1 is 0.800 bits per heavy atom. The number of primary amides is 1. The van der Waals surface area contributed by atoms with Crippen molar-refractivity contribution in [2.75, 3.05) is 4.90 Å². The number of furan rings is 1. The zero-order valence-corrected chi connectivity index (χ0v) is 18.8. The van der Waals surface area contributed by atoms with Crippen LogP contribution in [0.2, 0.25) is 0 Å². The fourth-order valence-electron chi connectivity index (χ4n) is 3.98. The van der Waals surface area contributed by atoms with Crippen LogP contribution in [-0.4, -0.2) is 5.91 Å². The number of hydrogen-bond acceptors (Lipinski definition) is 4. The summed E-state index contributed by atoms with van der Waals surface area (Å²) in [5.74, 6) is -0.0260. The van der Waals surface area contributed by atoms with Gasteiger partial charge in [0.05, 0.1) is 0 Å². The van der Waals surface area contributed by atoms with E-state index >= 15 is 0 Å². The summed E-state index contributed by atoms with van der Waals surface area (Å²) in [6.45, 7) is 0. The third-order valence-electron chi connectivity index (χ3n) is 5.68. The van der Waals surface area contributed by atoms with Crippen molar-refractivity contribution in [1.82, 2.24) is 0 Å². The molecule has 5 aromatic rings. The maximum Gasteiger partial charge on any atom is 0.259 e. The largest absolute Gasteiger partial charge is 0.456 e. The van der Waals surface area contributed by atoms with E-state index in [4.69, 9.17) is 15.4 Å². The number of rotatable bonds is 6. The van der Waals surface area contributed by atoms with Crippen LogP contribution in [0.4, 0.5) is 17.1 Å². The molecule has 0 radical (unpaired) electrons. The number of carbonyl (C=O) groups is 1. The minimum Gasteiger partial charge on any atom is -0.456 e. The van der Waals surface area contributed by atoms with E-state index in [2.05, 4.69) is 41.3 Å². The smallest absolute Gasteiger partial charge is 0.259 e. The zero-order valence-electron chi connectivity index (χ0n) is 18.8. The van der Waals surface area contributed by atoms with Gasteiger partial charge in [0.15, 0.2) is 0 Å². The van der Waals surface area contributed by atoms with Crippen LogP contribution in [0.1, 0.15) is 5.56 Å². The maximum atomic E-state index is 11.3. The second-order valence-corrected chi connectivity index (χ2v) is 8.00. The van der Waals surface area contributed by atoms with Gasteiger partial charge in [0, 0.05) is 28.0 Å². The highest BCUT2D eigenvalue weighted by molar-refractivity contribution is 6.01. The molecule has 1 heterocycles. The van der Waals surface area contributed by atoms with Gasteiger partial charge in [-0.1, -0.05) is 48.5 Å². The van der Waals surface area contributed by atoms with Crippen molar-refractivity contribution < 1.29 is 9.21 Å². The number of anilines is 3. The molecule has 1 aromatic heterocycles. The van der Waals surface area contributed by atoms with Crippen molar-refractivity contribution in [3.8, 4) is 17.4 Å². The van der Waals surface area contributed by atoms with Crippen LogP contribution in [-0.2, 0) is 4.79 Å². The van der Waals surface area contributed by atoms with E-state index < -0.39 is 5.91 Å². The lowest BCUT2D eigenvalue weighted by molar-refractivity contribution is -0.114. The van der Waals surface area contributed by atoms with E-state index in [-0.39, 0.29) is 5.57 Å². The molecule has 4 aromatic carbocycles. The first kappa shape index (κ1) is 21.7. The van der Waals surface area contributed by atoms with Crippen LogP contribution in [0.5, 0.6) is 0 Å². The number of para-hydroxylation sites is 2. The lowest BCUT2D eigenvalue weighted by atomic mass is 10.1. The second kappa shape index (κ2) is 9.42. The summed E-state index contributed by atoms with van der Waals surface area (Å²) in [6, 6.07) is 38.0. The molecule has 0 saturated carbocycles. The molecule has 0 saturated heterocycles. The SMILES string of the molecule is N#C/C(=C\c1ccc2cc(-c3ccc(N(c4ccccc4)c4ccccc4)cc3)oc2c1)C(N)=O. The third-order valence-corrected chi connectivity index (χ3v) is 5.68. The van der Waals surface area contributed by atoms with Gasteiger partial charge in [-0.2, -0.15) is 5.26 Å². The first-order valence-corrected chi connectivity index (χ1v) is 11.1. The third kappa shape index (κ3) is 4.54. The van der Waals surface area contributed by atoms with Crippen LogP contribution in [0.25, 0.3) is 28.4 Å². The second-order valence-electron chi connectivity index (χ2n) is 8.00. The Morgan fingerprint density at radius 2 is 1.40 bits per heavy atom. The molecule has 5 nitrogen and oxygen atoms in total. The average molecular weight is 456 g/mol. The monoisotopic (exact) mass is 455 g/mol. The van der Waals surface area contributed by atoms with Crippen molar-refractivity contribution in [2.45, 2.75) is 0 Å². The Labute approximate surface area is 203 Å². The van der Waals surface area contributed by atoms with E-state index in [1.807, 2.05) is 72.8 Å². The number of nitrogens with zero attached hydrogens (tertiary/aromatic N) is 2. The van der Waals surface area contributed by atoms with Gasteiger partial charge < -0.3 is 15.1 Å². The summed E-state index contributed by atoms with van der Waals surface area (Å²) in [5.41, 5.74) is 10.6. The quantitative estimate of drug-likeness (QED) is 0.222. The number of benzene rings is 4. The molecule has 0 bridgehead atoms. The number of hydrogen-bond donors (Lipinski definition) is 1. The van der Waals surface area contributed by atoms with Crippen molar-refractivity contribution in [3.05, 3.63) is 120 Å². The molecule has 0 aliphatic rings. The van der Waals surface area contributed by atoms with Crippen molar-refractivity contribution in [2.24, 2.45) is 5.73 Å². The Balaban J connectivity index is 1.48. The van der Waals surface area contributed by atoms with Crippen LogP contribution in [0.15, 0.2) is 119 Å². The van der Waals surface area contributed by atoms with Crippen LogP contribution < -0.4 is 10.6 Å². The van der Waals surface area contributed by atoms with Gasteiger partial charge in [-0.05, 0) is 72.3 Å². The molecule has 0 fully saturated rings. The highest BCUT2D eigenvalue weighted by atomic mass is 16.3. The summed E-state index contributed by atoms with van der Waals surface area (Å²) < 4.78 is 6.10. The minimum atomic E-state index is -0.757. The van der Waals surface area contributed by atoms with E-state index in [1.165, 1.54) is 6.08 Å². The first-order valence-electron chi connectivity index (χ1n) is 11.1. The number of fused-ring (bicyclic) bond motifs is 1. The maximum absolute atomic E-state index is 11.3. The summed E-state index contributed by atoms with van der Waals surface area (Å²) in [6.07, 6.45) is 1.46. The van der Waals surface area contributed by atoms with E-state index in [1.54, 1.807) is 6.07 Å². The molecular weight excluding hydrogens is 434 g/mol. The molecule has 0 atom stereocenters.